The molecule has 2 heterocycles. The van der Waals surface area contributed by atoms with E-state index in [1.165, 1.54) is 0 Å². The van der Waals surface area contributed by atoms with E-state index < -0.39 is 5.97 Å². The van der Waals surface area contributed by atoms with Gasteiger partial charge in [0.1, 0.15) is 5.82 Å². The van der Waals surface area contributed by atoms with Gasteiger partial charge in [-0.2, -0.15) is 5.10 Å². The lowest BCUT2D eigenvalue weighted by atomic mass is 10.1. The molecule has 0 amide bonds. The van der Waals surface area contributed by atoms with Crippen molar-refractivity contribution < 1.29 is 19.4 Å². The number of benzene rings is 2. The topological polar surface area (TPSA) is 98.0 Å². The number of aromatic nitrogens is 3. The first-order valence-corrected chi connectivity index (χ1v) is 10.4. The fraction of sp³-hybridized carbons (Fsp3) is 0.160. The quantitative estimate of drug-likeness (QED) is 0.376. The Morgan fingerprint density at radius 3 is 2.76 bits per heavy atom. The van der Waals surface area contributed by atoms with Crippen molar-refractivity contribution in [3.05, 3.63) is 72.1 Å². The van der Waals surface area contributed by atoms with Gasteiger partial charge in [0.25, 0.3) is 0 Å². The molecule has 2 aromatic heterocycles. The predicted molar refractivity (Wildman–Crippen MR) is 127 cm³/mol. The Hall–Kier alpha value is -4.33. The summed E-state index contributed by atoms with van der Waals surface area (Å²) >= 11 is 0. The molecule has 8 heteroatoms. The van der Waals surface area contributed by atoms with Crippen LogP contribution in [0.3, 0.4) is 0 Å². The smallest absolute Gasteiger partial charge is 0.328 e. The van der Waals surface area contributed by atoms with Crippen LogP contribution in [-0.4, -0.2) is 39.9 Å². The van der Waals surface area contributed by atoms with Crippen LogP contribution in [-0.2, 0) is 11.2 Å². The lowest BCUT2D eigenvalue weighted by molar-refractivity contribution is -0.131. The van der Waals surface area contributed by atoms with Crippen LogP contribution in [0.4, 0.5) is 11.5 Å². The second-order valence-electron chi connectivity index (χ2n) is 7.29. The van der Waals surface area contributed by atoms with Gasteiger partial charge in [-0.15, -0.1) is 0 Å². The maximum absolute atomic E-state index is 10.8. The first-order chi connectivity index (χ1) is 16.0. The third-order valence-electron chi connectivity index (χ3n) is 5.19. The standard InChI is InChI=1S/C25H24N4O4/c1-4-17-13-19(14-21(32-2)24(17)33-3)27-22-10-11-29-25(28-22)20(15-26-29)18-7-5-6-16(12-18)8-9-23(30)31/h5-15H,4H2,1-3H3,(H,27,28)(H,30,31)/b9-8+. The number of carboxylic acids is 1. The summed E-state index contributed by atoms with van der Waals surface area (Å²) in [5.74, 6) is 1.04. The van der Waals surface area contributed by atoms with Crippen LogP contribution in [0.5, 0.6) is 11.5 Å². The monoisotopic (exact) mass is 444 g/mol. The Balaban J connectivity index is 1.70. The molecular formula is C25H24N4O4. The molecular weight excluding hydrogens is 420 g/mol. The minimum absolute atomic E-state index is 0.650. The maximum Gasteiger partial charge on any atom is 0.328 e. The SMILES string of the molecule is CCc1cc(Nc2ccn3ncc(-c4cccc(/C=C/C(=O)O)c4)c3n2)cc(OC)c1OC. The van der Waals surface area contributed by atoms with E-state index in [-0.39, 0.29) is 0 Å². The summed E-state index contributed by atoms with van der Waals surface area (Å²) in [5.41, 5.74) is 5.05. The zero-order valence-corrected chi connectivity index (χ0v) is 18.6. The fourth-order valence-corrected chi connectivity index (χ4v) is 3.65. The minimum atomic E-state index is -0.991. The molecule has 0 unspecified atom stereocenters. The number of carbonyl (C=O) groups is 1. The van der Waals surface area contributed by atoms with Gasteiger partial charge in [-0.1, -0.05) is 25.1 Å². The predicted octanol–water partition coefficient (Wildman–Crippen LogP) is 4.82. The number of methoxy groups -OCH3 is 2. The highest BCUT2D eigenvalue weighted by atomic mass is 16.5. The molecule has 8 nitrogen and oxygen atoms in total. The van der Waals surface area contributed by atoms with Crippen LogP contribution in [0, 0.1) is 0 Å². The second-order valence-corrected chi connectivity index (χ2v) is 7.29. The summed E-state index contributed by atoms with van der Waals surface area (Å²) in [6.07, 6.45) is 7.05. The fourth-order valence-electron chi connectivity index (χ4n) is 3.65. The lowest BCUT2D eigenvalue weighted by Gasteiger charge is -2.15. The van der Waals surface area contributed by atoms with Gasteiger partial charge in [-0.3, -0.25) is 0 Å². The summed E-state index contributed by atoms with van der Waals surface area (Å²) in [6, 6.07) is 13.3. The van der Waals surface area contributed by atoms with Crippen molar-refractivity contribution in [3.63, 3.8) is 0 Å². The third-order valence-corrected chi connectivity index (χ3v) is 5.19. The number of aryl methyl sites for hydroxylation is 1. The number of ether oxygens (including phenoxy) is 2. The molecule has 0 bridgehead atoms. The average Bonchev–Trinajstić information content (AvgIpc) is 3.25. The van der Waals surface area contributed by atoms with Crippen molar-refractivity contribution in [1.29, 1.82) is 0 Å². The number of rotatable bonds is 8. The normalized spacial score (nSPS) is 11.1. The van der Waals surface area contributed by atoms with Gasteiger partial charge in [-0.05, 0) is 47.4 Å². The Bertz CT molecular complexity index is 1320. The van der Waals surface area contributed by atoms with Crippen LogP contribution < -0.4 is 14.8 Å². The molecule has 0 aliphatic heterocycles. The average molecular weight is 444 g/mol. The van der Waals surface area contributed by atoms with Gasteiger partial charge in [0.05, 0.1) is 20.4 Å². The van der Waals surface area contributed by atoms with Crippen LogP contribution in [0.2, 0.25) is 0 Å². The summed E-state index contributed by atoms with van der Waals surface area (Å²) < 4.78 is 12.7. The summed E-state index contributed by atoms with van der Waals surface area (Å²) in [4.78, 5) is 15.6. The Labute approximate surface area is 191 Å². The number of hydrogen-bond acceptors (Lipinski definition) is 6. The number of anilines is 2. The van der Waals surface area contributed by atoms with Crippen LogP contribution >= 0.6 is 0 Å². The number of nitrogens with one attached hydrogen (secondary N) is 1. The van der Waals surface area contributed by atoms with E-state index in [1.54, 1.807) is 31.0 Å². The second kappa shape index (κ2) is 9.44. The van der Waals surface area contributed by atoms with Gasteiger partial charge >= 0.3 is 5.97 Å². The van der Waals surface area contributed by atoms with E-state index in [2.05, 4.69) is 17.3 Å². The van der Waals surface area contributed by atoms with E-state index >= 15 is 0 Å². The molecule has 0 saturated carbocycles. The molecule has 0 fully saturated rings. The molecule has 33 heavy (non-hydrogen) atoms. The molecule has 2 N–H and O–H groups in total. The van der Waals surface area contributed by atoms with Gasteiger partial charge in [0.15, 0.2) is 17.1 Å². The van der Waals surface area contributed by atoms with Crippen molar-refractivity contribution in [3.8, 4) is 22.6 Å². The number of hydrogen-bond donors (Lipinski definition) is 2. The highest BCUT2D eigenvalue weighted by molar-refractivity contribution is 5.86. The molecule has 168 valence electrons. The van der Waals surface area contributed by atoms with E-state index in [9.17, 15) is 4.79 Å². The number of carboxylic acid groups (broad SMARTS) is 1. The van der Waals surface area contributed by atoms with E-state index in [0.717, 1.165) is 46.2 Å². The summed E-state index contributed by atoms with van der Waals surface area (Å²) in [7, 11) is 3.25. The maximum atomic E-state index is 10.8. The van der Waals surface area contributed by atoms with Gasteiger partial charge in [0.2, 0.25) is 0 Å². The van der Waals surface area contributed by atoms with Gasteiger partial charge in [0, 0.05) is 29.6 Å². The van der Waals surface area contributed by atoms with E-state index in [1.807, 2.05) is 48.7 Å². The highest BCUT2D eigenvalue weighted by Gasteiger charge is 2.13. The molecule has 0 saturated heterocycles. The number of fused-ring (bicyclic) bond motifs is 1. The zero-order valence-electron chi connectivity index (χ0n) is 18.6. The van der Waals surface area contributed by atoms with Crippen molar-refractivity contribution in [2.45, 2.75) is 13.3 Å². The minimum Gasteiger partial charge on any atom is -0.493 e. The molecule has 0 atom stereocenters. The van der Waals surface area contributed by atoms with Crippen LogP contribution in [0.25, 0.3) is 22.9 Å². The highest BCUT2D eigenvalue weighted by Crippen LogP contribution is 2.36. The molecule has 0 spiro atoms. The summed E-state index contributed by atoms with van der Waals surface area (Å²) in [5, 5.41) is 16.6. The zero-order chi connectivity index (χ0) is 23.4. The van der Waals surface area contributed by atoms with Crippen LogP contribution in [0.1, 0.15) is 18.1 Å². The van der Waals surface area contributed by atoms with Crippen molar-refractivity contribution >= 4 is 29.2 Å². The lowest BCUT2D eigenvalue weighted by Crippen LogP contribution is -2.00. The van der Waals surface area contributed by atoms with Gasteiger partial charge in [-0.25, -0.2) is 14.3 Å². The van der Waals surface area contributed by atoms with Crippen molar-refractivity contribution in [2.75, 3.05) is 19.5 Å². The van der Waals surface area contributed by atoms with Gasteiger partial charge < -0.3 is 19.9 Å². The first kappa shape index (κ1) is 21.9. The molecule has 0 radical (unpaired) electrons. The third kappa shape index (κ3) is 4.64. The Kier molecular flexibility index (Phi) is 6.26. The van der Waals surface area contributed by atoms with E-state index in [0.29, 0.717) is 17.2 Å². The Morgan fingerprint density at radius 1 is 1.18 bits per heavy atom. The molecule has 4 aromatic rings. The first-order valence-electron chi connectivity index (χ1n) is 10.4. The molecule has 2 aromatic carbocycles. The number of nitrogens with zero attached hydrogens (tertiary/aromatic N) is 3. The molecule has 0 aliphatic carbocycles. The van der Waals surface area contributed by atoms with E-state index in [4.69, 9.17) is 19.6 Å². The summed E-state index contributed by atoms with van der Waals surface area (Å²) in [6.45, 7) is 2.06. The molecule has 0 aliphatic rings. The largest absolute Gasteiger partial charge is 0.493 e. The van der Waals surface area contributed by atoms with Crippen molar-refractivity contribution in [2.24, 2.45) is 0 Å². The molecule has 4 rings (SSSR count). The Morgan fingerprint density at radius 2 is 2.03 bits per heavy atom. The van der Waals surface area contributed by atoms with Crippen LogP contribution in [0.15, 0.2) is 60.9 Å². The van der Waals surface area contributed by atoms with Crippen molar-refractivity contribution in [1.82, 2.24) is 14.6 Å². The number of aliphatic carboxylic acids is 1.